The Hall–Kier alpha value is -0.680. The lowest BCUT2D eigenvalue weighted by atomic mass is 10.3. The van der Waals surface area contributed by atoms with Crippen LogP contribution in [-0.4, -0.2) is 45.6 Å². The van der Waals surface area contributed by atoms with Gasteiger partial charge in [-0.25, -0.2) is 4.39 Å². The maximum atomic E-state index is 11.6. The maximum Gasteiger partial charge on any atom is 0.220 e. The van der Waals surface area contributed by atoms with Crippen LogP contribution in [0.25, 0.3) is 0 Å². The van der Waals surface area contributed by atoms with E-state index >= 15 is 0 Å². The minimum Gasteiger partial charge on any atom is -0.377 e. The molecule has 0 aromatic rings. The highest BCUT2D eigenvalue weighted by Crippen LogP contribution is 1.85. The third-order valence-corrected chi connectivity index (χ3v) is 1.64. The van der Waals surface area contributed by atoms with Crippen molar-refractivity contribution in [2.45, 2.75) is 33.6 Å². The van der Waals surface area contributed by atoms with Gasteiger partial charge in [0.25, 0.3) is 0 Å². The molecule has 0 fully saturated rings. The summed E-state index contributed by atoms with van der Waals surface area (Å²) in [5, 5.41) is 2.72. The molecule has 0 saturated carbocycles. The van der Waals surface area contributed by atoms with Crippen LogP contribution in [0.1, 0.15) is 33.6 Å². The highest BCUT2D eigenvalue weighted by Gasteiger charge is 1.97. The van der Waals surface area contributed by atoms with Gasteiger partial charge >= 0.3 is 0 Å². The molecule has 0 aliphatic rings. The Bertz CT molecular complexity index is 157. The quantitative estimate of drug-likeness (QED) is 0.604. The molecule has 1 N–H and O–H groups in total. The lowest BCUT2D eigenvalue weighted by Gasteiger charge is -2.05. The van der Waals surface area contributed by atoms with Gasteiger partial charge < -0.3 is 14.8 Å². The van der Waals surface area contributed by atoms with Crippen LogP contribution in [0.2, 0.25) is 0 Å². The van der Waals surface area contributed by atoms with Crippen LogP contribution in [0, 0.1) is 0 Å². The van der Waals surface area contributed by atoms with Gasteiger partial charge in [0.15, 0.2) is 0 Å². The van der Waals surface area contributed by atoms with E-state index in [9.17, 15) is 9.18 Å². The molecule has 0 aliphatic heterocycles. The Morgan fingerprint density at radius 3 is 2.24 bits per heavy atom. The molecule has 0 spiro atoms. The Labute approximate surface area is 104 Å². The molecule has 0 aromatic carbocycles. The number of rotatable bonds is 10. The predicted molar refractivity (Wildman–Crippen MR) is 66.9 cm³/mol. The first kappa shape index (κ1) is 18.7. The summed E-state index contributed by atoms with van der Waals surface area (Å²) >= 11 is 0. The second-order valence-electron chi connectivity index (χ2n) is 3.01. The maximum absolute atomic E-state index is 11.6. The van der Waals surface area contributed by atoms with Gasteiger partial charge in [-0.1, -0.05) is 20.8 Å². The van der Waals surface area contributed by atoms with Crippen molar-refractivity contribution in [1.29, 1.82) is 0 Å². The summed E-state index contributed by atoms with van der Waals surface area (Å²) in [6, 6.07) is 0. The molecule has 0 heterocycles. The Kier molecular flexibility index (Phi) is 19.5. The SMILES string of the molecule is CC.CCCC(=O)NCCOCCOCCF. The van der Waals surface area contributed by atoms with Gasteiger partial charge in [-0.05, 0) is 6.42 Å². The molecule has 1 amide bonds. The van der Waals surface area contributed by atoms with Crippen LogP contribution in [0.5, 0.6) is 0 Å². The molecule has 4 nitrogen and oxygen atoms in total. The van der Waals surface area contributed by atoms with Gasteiger partial charge in [0.2, 0.25) is 5.91 Å². The fourth-order valence-electron chi connectivity index (χ4n) is 0.955. The molecular formula is C12H26FNO3. The van der Waals surface area contributed by atoms with Crippen molar-refractivity contribution in [2.24, 2.45) is 0 Å². The van der Waals surface area contributed by atoms with Crippen molar-refractivity contribution in [3.05, 3.63) is 0 Å². The lowest BCUT2D eigenvalue weighted by molar-refractivity contribution is -0.121. The van der Waals surface area contributed by atoms with Crippen molar-refractivity contribution >= 4 is 5.91 Å². The van der Waals surface area contributed by atoms with Crippen molar-refractivity contribution in [3.8, 4) is 0 Å². The van der Waals surface area contributed by atoms with Crippen molar-refractivity contribution in [3.63, 3.8) is 0 Å². The molecule has 0 atom stereocenters. The highest BCUT2D eigenvalue weighted by atomic mass is 19.1. The molecule has 0 radical (unpaired) electrons. The topological polar surface area (TPSA) is 47.6 Å². The van der Waals surface area contributed by atoms with Gasteiger partial charge in [0.1, 0.15) is 6.67 Å². The zero-order valence-electron chi connectivity index (χ0n) is 11.3. The van der Waals surface area contributed by atoms with E-state index in [1.807, 2.05) is 20.8 Å². The summed E-state index contributed by atoms with van der Waals surface area (Å²) in [7, 11) is 0. The summed E-state index contributed by atoms with van der Waals surface area (Å²) < 4.78 is 21.6. The molecule has 104 valence electrons. The number of amides is 1. The van der Waals surface area contributed by atoms with E-state index in [1.54, 1.807) is 0 Å². The van der Waals surface area contributed by atoms with E-state index in [-0.39, 0.29) is 12.5 Å². The lowest BCUT2D eigenvalue weighted by Crippen LogP contribution is -2.27. The smallest absolute Gasteiger partial charge is 0.220 e. The molecule has 0 bridgehead atoms. The monoisotopic (exact) mass is 251 g/mol. The highest BCUT2D eigenvalue weighted by molar-refractivity contribution is 5.75. The van der Waals surface area contributed by atoms with E-state index in [2.05, 4.69) is 5.32 Å². The van der Waals surface area contributed by atoms with Crippen LogP contribution in [-0.2, 0) is 14.3 Å². The first-order valence-corrected chi connectivity index (χ1v) is 6.29. The molecule has 0 rings (SSSR count). The Balaban J connectivity index is 0. The van der Waals surface area contributed by atoms with Crippen LogP contribution >= 0.6 is 0 Å². The van der Waals surface area contributed by atoms with E-state index in [4.69, 9.17) is 9.47 Å². The third-order valence-electron chi connectivity index (χ3n) is 1.64. The van der Waals surface area contributed by atoms with Crippen molar-refractivity contribution in [1.82, 2.24) is 5.32 Å². The average molecular weight is 251 g/mol. The second-order valence-corrected chi connectivity index (χ2v) is 3.01. The Morgan fingerprint density at radius 2 is 1.71 bits per heavy atom. The summed E-state index contributed by atoms with van der Waals surface area (Å²) in [4.78, 5) is 11.0. The number of carbonyl (C=O) groups excluding carboxylic acids is 1. The number of hydrogen-bond acceptors (Lipinski definition) is 3. The van der Waals surface area contributed by atoms with E-state index < -0.39 is 6.67 Å². The standard InChI is InChI=1S/C10H20FNO3.C2H6/c1-2-3-10(13)12-5-7-15-9-8-14-6-4-11;1-2/h2-9H2,1H3,(H,12,13);1-2H3. The van der Waals surface area contributed by atoms with Gasteiger partial charge in [-0.15, -0.1) is 0 Å². The number of halogens is 1. The number of hydrogen-bond donors (Lipinski definition) is 1. The predicted octanol–water partition coefficient (Wildman–Crippen LogP) is 1.93. The molecule has 5 heteroatoms. The second kappa shape index (κ2) is 17.7. The largest absolute Gasteiger partial charge is 0.377 e. The minimum absolute atomic E-state index is 0.0507. The number of alkyl halides is 1. The molecule has 0 aromatic heterocycles. The molecule has 17 heavy (non-hydrogen) atoms. The average Bonchev–Trinajstić information content (AvgIpc) is 2.35. The van der Waals surface area contributed by atoms with Crippen LogP contribution in [0.15, 0.2) is 0 Å². The number of nitrogens with one attached hydrogen (secondary N) is 1. The van der Waals surface area contributed by atoms with Crippen LogP contribution in [0.3, 0.4) is 0 Å². The van der Waals surface area contributed by atoms with Crippen molar-refractivity contribution < 1.29 is 18.7 Å². The Morgan fingerprint density at radius 1 is 1.12 bits per heavy atom. The van der Waals surface area contributed by atoms with E-state index in [0.717, 1.165) is 6.42 Å². The van der Waals surface area contributed by atoms with E-state index in [0.29, 0.717) is 32.8 Å². The van der Waals surface area contributed by atoms with Gasteiger partial charge in [0, 0.05) is 13.0 Å². The molecule has 0 unspecified atom stereocenters. The number of carbonyl (C=O) groups is 1. The van der Waals surface area contributed by atoms with E-state index in [1.165, 1.54) is 0 Å². The fraction of sp³-hybridized carbons (Fsp3) is 0.917. The first-order chi connectivity index (χ1) is 8.31. The molecule has 0 aliphatic carbocycles. The summed E-state index contributed by atoms with van der Waals surface area (Å²) in [5.74, 6) is 0.0507. The molecular weight excluding hydrogens is 225 g/mol. The summed E-state index contributed by atoms with van der Waals surface area (Å²) in [6.07, 6.45) is 1.41. The van der Waals surface area contributed by atoms with Crippen LogP contribution < -0.4 is 5.32 Å². The van der Waals surface area contributed by atoms with Crippen LogP contribution in [0.4, 0.5) is 4.39 Å². The summed E-state index contributed by atoms with van der Waals surface area (Å²) in [5.41, 5.74) is 0. The molecule has 0 saturated heterocycles. The third kappa shape index (κ3) is 17.9. The zero-order valence-corrected chi connectivity index (χ0v) is 11.3. The van der Waals surface area contributed by atoms with Crippen molar-refractivity contribution in [2.75, 3.05) is 39.6 Å². The number of ether oxygens (including phenoxy) is 2. The minimum atomic E-state index is -0.465. The normalized spacial score (nSPS) is 9.41. The zero-order chi connectivity index (χ0) is 13.4. The fourth-order valence-corrected chi connectivity index (χ4v) is 0.955. The van der Waals surface area contributed by atoms with Gasteiger partial charge in [0.05, 0.1) is 26.4 Å². The first-order valence-electron chi connectivity index (χ1n) is 6.29. The summed E-state index contributed by atoms with van der Waals surface area (Å²) in [6.45, 7) is 7.43. The van der Waals surface area contributed by atoms with Gasteiger partial charge in [-0.2, -0.15) is 0 Å². The van der Waals surface area contributed by atoms with Gasteiger partial charge in [-0.3, -0.25) is 4.79 Å².